The van der Waals surface area contributed by atoms with Gasteiger partial charge in [-0.3, -0.25) is 18.5 Å². The molecule has 0 aromatic heterocycles. The molecule has 0 nitrogen and oxygen atoms in total. The summed E-state index contributed by atoms with van der Waals surface area (Å²) in [7, 11) is 4.60. The normalized spacial score (nSPS) is 7.20. The summed E-state index contributed by atoms with van der Waals surface area (Å²) in [5.74, 6) is 0. The first-order valence-corrected chi connectivity index (χ1v) is 2.30. The molecule has 0 aliphatic rings. The van der Waals surface area contributed by atoms with Crippen molar-refractivity contribution in [2.75, 3.05) is 0 Å². The number of rotatable bonds is 0. The molecule has 0 radical (unpaired) electrons. The maximum Gasteiger partial charge on any atom is 0 e. The Labute approximate surface area is 61.0 Å². The third-order valence-corrected chi connectivity index (χ3v) is 0. The maximum absolute atomic E-state index is 5.12. The Kier molecular flexibility index (Phi) is 12.2. The van der Waals surface area contributed by atoms with Gasteiger partial charge < -0.3 is 11.6 Å². The van der Waals surface area contributed by atoms with Crippen LogP contribution in [0, 0.1) is 4.86 Å². The van der Waals surface area contributed by atoms with Crippen molar-refractivity contribution in [1.29, 1.82) is 0 Å². The summed E-state index contributed by atoms with van der Waals surface area (Å²) in [5, 5.41) is 0. The molecule has 0 aliphatic heterocycles. The summed E-state index contributed by atoms with van der Waals surface area (Å²) in [5.41, 5.74) is 0. The fraction of sp³-hybridized carbons (Fsp3) is 0. The molecule has 0 rings (SSSR count). The van der Waals surface area contributed by atoms with E-state index in [2.05, 4.69) is 18.5 Å². The van der Waals surface area contributed by atoms with Crippen LogP contribution in [0.3, 0.4) is 0 Å². The molecule has 2 atom stereocenters. The van der Waals surface area contributed by atoms with Gasteiger partial charge in [-0.25, -0.2) is 0 Å². The second kappa shape index (κ2) is 6.03. The Bertz CT molecular complexity index is 14.4. The summed E-state index contributed by atoms with van der Waals surface area (Å²) in [6.07, 6.45) is 0. The quantitative estimate of drug-likeness (QED) is 0.414. The predicted octanol–water partition coefficient (Wildman–Crippen LogP) is 1.42. The Morgan fingerprint density at radius 2 is 1.40 bits per heavy atom. The number of hydrogen-bond acceptors (Lipinski definition) is 0. The van der Waals surface area contributed by atoms with E-state index in [0.29, 0.717) is 0 Å². The van der Waals surface area contributed by atoms with Crippen LogP contribution in [0.15, 0.2) is 0 Å². The molecule has 2 unspecified atom stereocenters. The number of halogens is 1. The van der Waals surface area contributed by atoms with Crippen molar-refractivity contribution < 1.29 is 26.2 Å². The fourth-order valence-corrected chi connectivity index (χ4v) is 0. The second-order valence-corrected chi connectivity index (χ2v) is 3.46. The molecule has 0 aromatic carbocycles. The van der Waals surface area contributed by atoms with Crippen LogP contribution in [0.4, 0.5) is 0 Å². The van der Waals surface area contributed by atoms with E-state index in [9.17, 15) is 0 Å². The minimum absolute atomic E-state index is 0. The van der Waals surface area contributed by atoms with Gasteiger partial charge in [-0.15, -0.1) is 0 Å². The molecule has 0 amide bonds. The van der Waals surface area contributed by atoms with Crippen LogP contribution in [0.1, 0.15) is 0 Å². The minimum atomic E-state index is 0. The summed E-state index contributed by atoms with van der Waals surface area (Å²) in [6, 6.07) is 0. The van der Waals surface area contributed by atoms with Crippen molar-refractivity contribution in [2.45, 2.75) is 0 Å². The Hall–Kier alpha value is 2.03. The van der Waals surface area contributed by atoms with E-state index in [-0.39, 0.29) is 26.2 Å². The van der Waals surface area contributed by atoms with Crippen molar-refractivity contribution in [3.05, 3.63) is 4.86 Å². The van der Waals surface area contributed by atoms with Crippen LogP contribution in [-0.2, 0) is 26.2 Å². The maximum atomic E-state index is 5.12. The molecule has 0 heterocycles. The van der Waals surface area contributed by atoms with Crippen molar-refractivity contribution in [1.82, 2.24) is 0 Å². The first kappa shape index (κ1) is 10.1. The largest absolute Gasteiger partial charge is 0.337 e. The predicted molar refractivity (Wildman–Crippen MR) is 28.5 cm³/mol. The van der Waals surface area contributed by atoms with Crippen LogP contribution in [0.5, 0.6) is 0 Å². The molecule has 0 aromatic rings. The van der Waals surface area contributed by atoms with Gasteiger partial charge in [0.25, 0.3) is 0 Å². The van der Waals surface area contributed by atoms with Gasteiger partial charge in [0.05, 0.1) is 0 Å². The zero-order valence-electron chi connectivity index (χ0n) is 2.53. The molecule has 4 heteroatoms. The molecule has 5 heavy (non-hydrogen) atoms. The Morgan fingerprint density at radius 1 is 1.40 bits per heavy atom. The molecular formula is CH4ClP2Zr-. The van der Waals surface area contributed by atoms with E-state index in [1.807, 2.05) is 0 Å². The van der Waals surface area contributed by atoms with Gasteiger partial charge >= 0.3 is 0 Å². The molecule has 0 saturated heterocycles. The van der Waals surface area contributed by atoms with E-state index in [4.69, 9.17) is 11.6 Å². The zero-order valence-corrected chi connectivity index (χ0v) is 8.06. The van der Waals surface area contributed by atoms with Crippen LogP contribution in [0.25, 0.3) is 0 Å². The fourth-order valence-electron chi connectivity index (χ4n) is 0. The van der Waals surface area contributed by atoms with Crippen LogP contribution in [0.2, 0.25) is 0 Å². The molecule has 0 N–H and O–H groups in total. The standard InChI is InChI=1S/CH4ClP2.Zr/c2-1(3)4;/h3-4H2;/q-1;. The third kappa shape index (κ3) is 23.7. The van der Waals surface area contributed by atoms with E-state index < -0.39 is 0 Å². The molecule has 0 fully saturated rings. The molecule has 0 saturated carbocycles. The molecule has 0 bridgehead atoms. The van der Waals surface area contributed by atoms with E-state index in [1.54, 1.807) is 0 Å². The van der Waals surface area contributed by atoms with Crippen molar-refractivity contribution >= 4 is 30.1 Å². The van der Waals surface area contributed by atoms with E-state index in [1.165, 1.54) is 0 Å². The van der Waals surface area contributed by atoms with Crippen LogP contribution >= 0.6 is 30.1 Å². The summed E-state index contributed by atoms with van der Waals surface area (Å²) in [4.78, 5) is 0.722. The molecule has 0 spiro atoms. The zero-order chi connectivity index (χ0) is 3.58. The summed E-state index contributed by atoms with van der Waals surface area (Å²) in [6.45, 7) is 0. The van der Waals surface area contributed by atoms with Crippen molar-refractivity contribution in [2.24, 2.45) is 0 Å². The third-order valence-electron chi connectivity index (χ3n) is 0. The van der Waals surface area contributed by atoms with Crippen LogP contribution < -0.4 is 0 Å². The first-order chi connectivity index (χ1) is 1.73. The van der Waals surface area contributed by atoms with Gasteiger partial charge in [0.15, 0.2) is 0 Å². The SMILES string of the molecule is P[C-](P)Cl.[Zr]. The first-order valence-electron chi connectivity index (χ1n) is 0.766. The van der Waals surface area contributed by atoms with Crippen molar-refractivity contribution in [3.63, 3.8) is 0 Å². The summed E-state index contributed by atoms with van der Waals surface area (Å²) < 4.78 is 0. The van der Waals surface area contributed by atoms with E-state index in [0.717, 1.165) is 4.86 Å². The second-order valence-electron chi connectivity index (χ2n) is 0.385. The number of hydrogen-bond donors (Lipinski definition) is 0. The molecule has 30 valence electrons. The summed E-state index contributed by atoms with van der Waals surface area (Å²) >= 11 is 5.12. The van der Waals surface area contributed by atoms with Gasteiger partial charge in [-0.05, 0) is 0 Å². The molecule has 0 aliphatic carbocycles. The average Bonchev–Trinajstić information content (AvgIpc) is 0.811. The van der Waals surface area contributed by atoms with Gasteiger partial charge in [0.2, 0.25) is 0 Å². The van der Waals surface area contributed by atoms with Gasteiger partial charge in [0, 0.05) is 26.2 Å². The minimum Gasteiger partial charge on any atom is -0.337 e. The van der Waals surface area contributed by atoms with Gasteiger partial charge in [-0.1, -0.05) is 0 Å². The monoisotopic (exact) mass is 203 g/mol. The average molecular weight is 205 g/mol. The van der Waals surface area contributed by atoms with Crippen molar-refractivity contribution in [3.8, 4) is 0 Å². The van der Waals surface area contributed by atoms with Gasteiger partial charge in [-0.2, -0.15) is 4.86 Å². The van der Waals surface area contributed by atoms with Crippen LogP contribution in [-0.4, -0.2) is 0 Å². The smallest absolute Gasteiger partial charge is 0 e. The Morgan fingerprint density at radius 3 is 1.40 bits per heavy atom. The molecular weight excluding hydrogens is 201 g/mol. The topological polar surface area (TPSA) is 0 Å². The van der Waals surface area contributed by atoms with E-state index >= 15 is 0 Å². The van der Waals surface area contributed by atoms with Gasteiger partial charge in [0.1, 0.15) is 0 Å². The Balaban J connectivity index is 0.